The van der Waals surface area contributed by atoms with E-state index in [1.165, 1.54) is 23.1 Å². The van der Waals surface area contributed by atoms with E-state index in [1.807, 2.05) is 30.3 Å². The third kappa shape index (κ3) is 3.83. The lowest BCUT2D eigenvalue weighted by molar-refractivity contribution is 0.244. The van der Waals surface area contributed by atoms with E-state index in [0.29, 0.717) is 28.1 Å². The predicted octanol–water partition coefficient (Wildman–Crippen LogP) is 6.03. The van der Waals surface area contributed by atoms with Gasteiger partial charge in [-0.15, -0.1) is 0 Å². The number of allylic oxidation sites excluding steroid dienone is 1. The van der Waals surface area contributed by atoms with Gasteiger partial charge in [0.2, 0.25) is 5.82 Å². The lowest BCUT2D eigenvalue weighted by Gasteiger charge is -2.35. The van der Waals surface area contributed by atoms with Crippen molar-refractivity contribution in [2.45, 2.75) is 19.9 Å². The molecule has 2 amide bonds. The van der Waals surface area contributed by atoms with E-state index >= 15 is 0 Å². The Morgan fingerprint density at radius 3 is 2.41 bits per heavy atom. The number of amides is 2. The molecule has 0 radical (unpaired) electrons. The fraction of sp³-hybridized carbons (Fsp3) is 0.115. The molecule has 2 heterocycles. The quantitative estimate of drug-likeness (QED) is 0.406. The zero-order valence-corrected chi connectivity index (χ0v) is 18.4. The second-order valence-corrected chi connectivity index (χ2v) is 7.99. The molecular weight excluding hydrogens is 438 g/mol. The average Bonchev–Trinajstić information content (AvgIpc) is 3.31. The molecule has 6 nitrogen and oxygen atoms in total. The van der Waals surface area contributed by atoms with E-state index in [9.17, 15) is 13.6 Å². The Morgan fingerprint density at radius 1 is 0.971 bits per heavy atom. The number of hydrogen-bond acceptors (Lipinski definition) is 4. The minimum Gasteiger partial charge on any atom is -0.334 e. The summed E-state index contributed by atoms with van der Waals surface area (Å²) in [6.07, 6.45) is 0. The predicted molar refractivity (Wildman–Crippen MR) is 124 cm³/mol. The first-order valence-corrected chi connectivity index (χ1v) is 10.6. The van der Waals surface area contributed by atoms with E-state index in [2.05, 4.69) is 15.5 Å². The summed E-state index contributed by atoms with van der Waals surface area (Å²) in [6.45, 7) is 3.41. The van der Waals surface area contributed by atoms with Crippen LogP contribution in [-0.2, 0) is 0 Å². The van der Waals surface area contributed by atoms with Crippen LogP contribution in [0.15, 0.2) is 83.0 Å². The maximum Gasteiger partial charge on any atom is 0.327 e. The van der Waals surface area contributed by atoms with Crippen molar-refractivity contribution in [2.75, 3.05) is 4.90 Å². The van der Waals surface area contributed by atoms with E-state index in [0.717, 1.165) is 5.56 Å². The monoisotopic (exact) mass is 458 g/mol. The molecule has 0 saturated heterocycles. The molecule has 170 valence electrons. The molecule has 1 aromatic heterocycles. The summed E-state index contributed by atoms with van der Waals surface area (Å²) < 4.78 is 33.3. The van der Waals surface area contributed by atoms with Crippen molar-refractivity contribution in [2.24, 2.45) is 0 Å². The summed E-state index contributed by atoms with van der Waals surface area (Å²) in [5.41, 5.74) is 3.36. The Bertz CT molecular complexity index is 1400. The summed E-state index contributed by atoms with van der Waals surface area (Å²) in [5, 5.41) is 7.04. The third-order valence-corrected chi connectivity index (χ3v) is 5.79. The Kier molecular flexibility index (Phi) is 5.41. The highest BCUT2D eigenvalue weighted by Gasteiger charge is 2.36. The molecule has 34 heavy (non-hydrogen) atoms. The minimum atomic E-state index is -0.568. The number of benzene rings is 3. The molecular formula is C26H20F2N4O2. The molecule has 8 heteroatoms. The van der Waals surface area contributed by atoms with Crippen molar-refractivity contribution in [1.82, 2.24) is 15.5 Å². The van der Waals surface area contributed by atoms with Crippen LogP contribution in [0.1, 0.15) is 30.0 Å². The number of carbonyl (C=O) groups is 1. The van der Waals surface area contributed by atoms with Gasteiger partial charge in [0, 0.05) is 11.3 Å². The normalized spacial score (nSPS) is 16.1. The molecule has 0 spiro atoms. The summed E-state index contributed by atoms with van der Waals surface area (Å²) in [6, 6.07) is 18.8. The van der Waals surface area contributed by atoms with Gasteiger partial charge in [-0.2, -0.15) is 4.98 Å². The molecule has 1 aliphatic heterocycles. The Morgan fingerprint density at radius 2 is 1.71 bits per heavy atom. The van der Waals surface area contributed by atoms with Gasteiger partial charge < -0.3 is 9.84 Å². The fourth-order valence-electron chi connectivity index (χ4n) is 4.00. The van der Waals surface area contributed by atoms with Crippen molar-refractivity contribution in [3.8, 4) is 11.4 Å². The standard InChI is InChI=1S/C26H20F2N4O2/c1-15-8-13-20(14-21(15)28)32-16(2)22(23(29-26(32)33)17-6-4-3-5-7-17)25-30-24(31-34-25)18-9-11-19(27)12-10-18/h3-14,23H,1-2H3,(H,29,33). The van der Waals surface area contributed by atoms with E-state index in [1.54, 1.807) is 38.1 Å². The topological polar surface area (TPSA) is 71.3 Å². The smallest absolute Gasteiger partial charge is 0.327 e. The molecule has 1 atom stereocenters. The molecule has 0 aliphatic carbocycles. The molecule has 0 fully saturated rings. The van der Waals surface area contributed by atoms with Crippen LogP contribution in [0.3, 0.4) is 0 Å². The zero-order chi connectivity index (χ0) is 23.8. The van der Waals surface area contributed by atoms with Gasteiger partial charge >= 0.3 is 6.03 Å². The molecule has 3 aromatic carbocycles. The number of aromatic nitrogens is 2. The molecule has 0 saturated carbocycles. The highest BCUT2D eigenvalue weighted by atomic mass is 19.1. The first-order valence-electron chi connectivity index (χ1n) is 10.6. The number of rotatable bonds is 4. The minimum absolute atomic E-state index is 0.197. The van der Waals surface area contributed by atoms with Gasteiger partial charge in [0.15, 0.2) is 0 Å². The maximum absolute atomic E-state index is 14.3. The Balaban J connectivity index is 1.65. The van der Waals surface area contributed by atoms with Crippen molar-refractivity contribution in [3.63, 3.8) is 0 Å². The molecule has 5 rings (SSSR count). The largest absolute Gasteiger partial charge is 0.334 e. The highest BCUT2D eigenvalue weighted by Crippen LogP contribution is 2.39. The van der Waals surface area contributed by atoms with Gasteiger partial charge in [-0.05, 0) is 61.4 Å². The summed E-state index contributed by atoms with van der Waals surface area (Å²) in [5.74, 6) is -0.303. The van der Waals surface area contributed by atoms with Crippen molar-refractivity contribution < 1.29 is 18.1 Å². The summed E-state index contributed by atoms with van der Waals surface area (Å²) in [7, 11) is 0. The number of carbonyl (C=O) groups excluding carboxylic acids is 1. The van der Waals surface area contributed by atoms with E-state index < -0.39 is 17.9 Å². The van der Waals surface area contributed by atoms with Gasteiger partial charge in [0.25, 0.3) is 5.89 Å². The number of hydrogen-bond donors (Lipinski definition) is 1. The lowest BCUT2D eigenvalue weighted by Crippen LogP contribution is -2.46. The number of nitrogens with one attached hydrogen (secondary N) is 1. The first kappa shape index (κ1) is 21.5. The lowest BCUT2D eigenvalue weighted by atomic mass is 9.94. The van der Waals surface area contributed by atoms with E-state index in [-0.39, 0.29) is 17.5 Å². The van der Waals surface area contributed by atoms with Gasteiger partial charge in [0.05, 0.1) is 17.3 Å². The van der Waals surface area contributed by atoms with Crippen molar-refractivity contribution >= 4 is 17.3 Å². The molecule has 1 unspecified atom stereocenters. The van der Waals surface area contributed by atoms with Gasteiger partial charge in [0.1, 0.15) is 11.6 Å². The van der Waals surface area contributed by atoms with Crippen LogP contribution in [0, 0.1) is 18.6 Å². The molecule has 0 bridgehead atoms. The molecule has 1 aliphatic rings. The zero-order valence-electron chi connectivity index (χ0n) is 18.4. The van der Waals surface area contributed by atoms with Crippen LogP contribution in [0.25, 0.3) is 17.0 Å². The van der Waals surface area contributed by atoms with Crippen LogP contribution in [0.4, 0.5) is 19.3 Å². The van der Waals surface area contributed by atoms with Crippen LogP contribution >= 0.6 is 0 Å². The molecule has 1 N–H and O–H groups in total. The van der Waals surface area contributed by atoms with Gasteiger partial charge in [-0.25, -0.2) is 13.6 Å². The van der Waals surface area contributed by atoms with Crippen molar-refractivity contribution in [1.29, 1.82) is 0 Å². The second-order valence-electron chi connectivity index (χ2n) is 7.99. The maximum atomic E-state index is 14.3. The van der Waals surface area contributed by atoms with Crippen LogP contribution in [0.2, 0.25) is 0 Å². The van der Waals surface area contributed by atoms with Crippen LogP contribution in [-0.4, -0.2) is 16.2 Å². The highest BCUT2D eigenvalue weighted by molar-refractivity contribution is 6.01. The summed E-state index contributed by atoms with van der Waals surface area (Å²) in [4.78, 5) is 19.1. The number of urea groups is 1. The summed E-state index contributed by atoms with van der Waals surface area (Å²) >= 11 is 0. The first-order chi connectivity index (χ1) is 16.4. The van der Waals surface area contributed by atoms with Gasteiger partial charge in [-0.3, -0.25) is 4.90 Å². The number of nitrogens with zero attached hydrogens (tertiary/aromatic N) is 3. The second kappa shape index (κ2) is 8.55. The van der Waals surface area contributed by atoms with E-state index in [4.69, 9.17) is 4.52 Å². The number of halogens is 2. The number of anilines is 1. The fourth-order valence-corrected chi connectivity index (χ4v) is 4.00. The average molecular weight is 458 g/mol. The Labute approximate surface area is 194 Å². The Hall–Kier alpha value is -4.33. The SMILES string of the molecule is CC1=C(c2nc(-c3ccc(F)cc3)no2)C(c2ccccc2)NC(=O)N1c1ccc(C)c(F)c1. The van der Waals surface area contributed by atoms with Crippen LogP contribution in [0.5, 0.6) is 0 Å². The van der Waals surface area contributed by atoms with Gasteiger partial charge in [-0.1, -0.05) is 41.6 Å². The molecule has 4 aromatic rings. The third-order valence-electron chi connectivity index (χ3n) is 5.79. The number of aryl methyl sites for hydroxylation is 1. The van der Waals surface area contributed by atoms with Crippen molar-refractivity contribution in [3.05, 3.63) is 107 Å². The van der Waals surface area contributed by atoms with Crippen LogP contribution < -0.4 is 10.2 Å².